The second-order valence-corrected chi connectivity index (χ2v) is 11.5. The highest BCUT2D eigenvalue weighted by Crippen LogP contribution is 2.43. The molecule has 0 saturated carbocycles. The van der Waals surface area contributed by atoms with Crippen molar-refractivity contribution in [2.75, 3.05) is 12.8 Å². The molecule has 0 amide bonds. The van der Waals surface area contributed by atoms with Crippen molar-refractivity contribution in [3.8, 4) is 11.5 Å². The van der Waals surface area contributed by atoms with Gasteiger partial charge in [-0.2, -0.15) is 0 Å². The highest BCUT2D eigenvalue weighted by atomic mass is 31.1. The first-order chi connectivity index (χ1) is 16.6. The predicted molar refractivity (Wildman–Crippen MR) is 133 cm³/mol. The zero-order valence-corrected chi connectivity index (χ0v) is 21.4. The molecule has 0 saturated heterocycles. The van der Waals surface area contributed by atoms with Crippen LogP contribution in [-0.4, -0.2) is 40.9 Å². The Balaban J connectivity index is 1.80. The van der Waals surface area contributed by atoms with Gasteiger partial charge in [0.05, 0.1) is 6.20 Å². The van der Waals surface area contributed by atoms with Crippen molar-refractivity contribution in [1.82, 2.24) is 4.98 Å². The van der Waals surface area contributed by atoms with E-state index >= 15 is 0 Å². The summed E-state index contributed by atoms with van der Waals surface area (Å²) in [6, 6.07) is 7.57. The Labute approximate surface area is 206 Å². The molecule has 9 heteroatoms. The molecule has 2 rings (SSSR count). The SMILES string of the molecule is CCC(CCCC(=O)O)P(C)CCCC(C)c1cncc(OCc2ccc(OC(F)(F)F)cc2)c1. The Morgan fingerprint density at radius 2 is 1.83 bits per heavy atom. The maximum atomic E-state index is 12.3. The molecule has 0 spiro atoms. The van der Waals surface area contributed by atoms with Crippen LogP contribution in [0.5, 0.6) is 11.5 Å². The Morgan fingerprint density at radius 1 is 1.11 bits per heavy atom. The number of aliphatic carboxylic acids is 1. The van der Waals surface area contributed by atoms with Crippen molar-refractivity contribution in [3.63, 3.8) is 0 Å². The zero-order valence-electron chi connectivity index (χ0n) is 20.6. The van der Waals surface area contributed by atoms with Gasteiger partial charge in [0.2, 0.25) is 0 Å². The van der Waals surface area contributed by atoms with Crippen LogP contribution in [-0.2, 0) is 11.4 Å². The first-order valence-corrected chi connectivity index (χ1v) is 14.0. The average molecular weight is 514 g/mol. The van der Waals surface area contributed by atoms with E-state index in [1.807, 2.05) is 12.3 Å². The van der Waals surface area contributed by atoms with Gasteiger partial charge >= 0.3 is 12.3 Å². The van der Waals surface area contributed by atoms with E-state index in [9.17, 15) is 18.0 Å². The number of aromatic nitrogens is 1. The third-order valence-corrected chi connectivity index (χ3v) is 8.93. The number of halogens is 3. The molecule has 1 aromatic carbocycles. The van der Waals surface area contributed by atoms with Gasteiger partial charge in [0.15, 0.2) is 0 Å². The molecule has 5 nitrogen and oxygen atoms in total. The van der Waals surface area contributed by atoms with Crippen molar-refractivity contribution in [1.29, 1.82) is 0 Å². The fourth-order valence-electron chi connectivity index (χ4n) is 3.96. The van der Waals surface area contributed by atoms with Crippen molar-refractivity contribution in [2.45, 2.75) is 76.9 Å². The molecule has 0 fully saturated rings. The van der Waals surface area contributed by atoms with E-state index < -0.39 is 12.3 Å². The first-order valence-electron chi connectivity index (χ1n) is 11.9. The van der Waals surface area contributed by atoms with Crippen LogP contribution >= 0.6 is 7.92 Å². The molecule has 0 bridgehead atoms. The first kappa shape index (κ1) is 28.9. The van der Waals surface area contributed by atoms with Gasteiger partial charge < -0.3 is 14.6 Å². The van der Waals surface area contributed by atoms with Gasteiger partial charge in [0.1, 0.15) is 18.1 Å². The minimum atomic E-state index is -4.71. The van der Waals surface area contributed by atoms with Crippen LogP contribution in [0, 0.1) is 0 Å². The maximum Gasteiger partial charge on any atom is 0.573 e. The van der Waals surface area contributed by atoms with Crippen LogP contribution in [0.25, 0.3) is 0 Å². The molecule has 2 aromatic rings. The summed E-state index contributed by atoms with van der Waals surface area (Å²) in [5.74, 6) is -0.0464. The van der Waals surface area contributed by atoms with Crippen LogP contribution in [0.3, 0.4) is 0 Å². The fourth-order valence-corrected chi connectivity index (χ4v) is 6.25. The summed E-state index contributed by atoms with van der Waals surface area (Å²) >= 11 is 0. The van der Waals surface area contributed by atoms with E-state index in [-0.39, 0.29) is 26.7 Å². The van der Waals surface area contributed by atoms with Crippen LogP contribution in [0.2, 0.25) is 0 Å². The van der Waals surface area contributed by atoms with E-state index in [0.717, 1.165) is 43.2 Å². The molecule has 0 aliphatic rings. The Kier molecular flexibility index (Phi) is 11.8. The van der Waals surface area contributed by atoms with Crippen molar-refractivity contribution in [2.24, 2.45) is 0 Å². The molecular formula is C26H35F3NO4P. The van der Waals surface area contributed by atoms with Gasteiger partial charge in [-0.25, -0.2) is 0 Å². The largest absolute Gasteiger partial charge is 0.573 e. The van der Waals surface area contributed by atoms with Crippen molar-refractivity contribution < 1.29 is 32.5 Å². The Bertz CT molecular complexity index is 908. The molecule has 0 aliphatic carbocycles. The van der Waals surface area contributed by atoms with E-state index in [4.69, 9.17) is 9.84 Å². The lowest BCUT2D eigenvalue weighted by Crippen LogP contribution is -2.17. The van der Waals surface area contributed by atoms with Gasteiger partial charge in [-0.05, 0) is 85.8 Å². The van der Waals surface area contributed by atoms with Gasteiger partial charge in [-0.15, -0.1) is 21.1 Å². The molecule has 3 unspecified atom stereocenters. The molecule has 1 aromatic heterocycles. The van der Waals surface area contributed by atoms with Crippen LogP contribution in [0.15, 0.2) is 42.7 Å². The average Bonchev–Trinajstić information content (AvgIpc) is 2.80. The summed E-state index contributed by atoms with van der Waals surface area (Å²) in [6.45, 7) is 6.90. The summed E-state index contributed by atoms with van der Waals surface area (Å²) in [6.07, 6.45) is 5.16. The number of rotatable bonds is 15. The Morgan fingerprint density at radius 3 is 2.46 bits per heavy atom. The molecule has 194 valence electrons. The summed E-state index contributed by atoms with van der Waals surface area (Å²) in [7, 11) is -0.127. The lowest BCUT2D eigenvalue weighted by atomic mass is 9.98. The molecule has 3 atom stereocenters. The molecule has 0 radical (unpaired) electrons. The van der Waals surface area contributed by atoms with Crippen molar-refractivity contribution in [3.05, 3.63) is 53.9 Å². The number of carboxylic acids is 1. The summed E-state index contributed by atoms with van der Waals surface area (Å²) in [5.41, 5.74) is 2.43. The monoisotopic (exact) mass is 513 g/mol. The molecular weight excluding hydrogens is 478 g/mol. The van der Waals surface area contributed by atoms with Crippen LogP contribution in [0.1, 0.15) is 69.4 Å². The van der Waals surface area contributed by atoms with E-state index in [1.54, 1.807) is 6.20 Å². The minimum absolute atomic E-state index is 0.127. The maximum absolute atomic E-state index is 12.3. The lowest BCUT2D eigenvalue weighted by Gasteiger charge is -2.24. The molecule has 35 heavy (non-hydrogen) atoms. The number of benzene rings is 1. The number of hydrogen-bond acceptors (Lipinski definition) is 4. The van der Waals surface area contributed by atoms with Gasteiger partial charge in [-0.1, -0.05) is 26.0 Å². The third kappa shape index (κ3) is 11.3. The standard InChI is InChI=1S/C26H35F3NO4P/c1-4-24(8-5-9-25(31)32)35(3)14-6-7-19(2)21-15-23(17-30-16-21)33-18-20-10-12-22(13-11-20)34-26(27,28)29/h10-13,15-17,19,24H,4-9,14,18H2,1-3H3,(H,31,32). The summed E-state index contributed by atoms with van der Waals surface area (Å²) in [4.78, 5) is 15.1. The highest BCUT2D eigenvalue weighted by Gasteiger charge is 2.30. The van der Waals surface area contributed by atoms with Crippen LogP contribution in [0.4, 0.5) is 13.2 Å². The minimum Gasteiger partial charge on any atom is -0.487 e. The number of nitrogens with zero attached hydrogens (tertiary/aromatic N) is 1. The third-order valence-electron chi connectivity index (χ3n) is 6.04. The normalized spacial score (nSPS) is 14.2. The topological polar surface area (TPSA) is 68.7 Å². The van der Waals surface area contributed by atoms with Crippen LogP contribution < -0.4 is 9.47 Å². The second kappa shape index (κ2) is 14.3. The molecule has 1 N–H and O–H groups in total. The lowest BCUT2D eigenvalue weighted by molar-refractivity contribution is -0.274. The molecule has 1 heterocycles. The Hall–Kier alpha value is -2.34. The summed E-state index contributed by atoms with van der Waals surface area (Å²) < 4.78 is 46.5. The van der Waals surface area contributed by atoms with Gasteiger partial charge in [0.25, 0.3) is 0 Å². The number of carboxylic acid groups (broad SMARTS) is 1. The smallest absolute Gasteiger partial charge is 0.487 e. The number of alkyl halides is 3. The van der Waals surface area contributed by atoms with E-state index in [0.29, 0.717) is 17.3 Å². The quantitative estimate of drug-likeness (QED) is 0.249. The van der Waals surface area contributed by atoms with Gasteiger partial charge in [0, 0.05) is 12.6 Å². The van der Waals surface area contributed by atoms with E-state index in [1.165, 1.54) is 30.4 Å². The van der Waals surface area contributed by atoms with Crippen molar-refractivity contribution >= 4 is 13.9 Å². The number of pyridine rings is 1. The van der Waals surface area contributed by atoms with E-state index in [2.05, 4.69) is 30.2 Å². The fraction of sp³-hybridized carbons (Fsp3) is 0.538. The second-order valence-electron chi connectivity index (χ2n) is 8.81. The number of carbonyl (C=O) groups is 1. The molecule has 0 aliphatic heterocycles. The number of hydrogen-bond donors (Lipinski definition) is 1. The van der Waals surface area contributed by atoms with Gasteiger partial charge in [-0.3, -0.25) is 9.78 Å². The predicted octanol–water partition coefficient (Wildman–Crippen LogP) is 7.59. The number of ether oxygens (including phenoxy) is 2. The summed E-state index contributed by atoms with van der Waals surface area (Å²) in [5, 5.41) is 8.86. The zero-order chi connectivity index (χ0) is 25.8. The highest BCUT2D eigenvalue weighted by molar-refractivity contribution is 7.57.